The number of aryl methyl sites for hydroxylation is 1. The van der Waals surface area contributed by atoms with E-state index in [4.69, 9.17) is 4.42 Å². The minimum Gasteiger partial charge on any atom is -0.472 e. The Morgan fingerprint density at radius 1 is 1.18 bits per heavy atom. The molecule has 1 aromatic heterocycles. The molecule has 1 aromatic carbocycles. The minimum atomic E-state index is 0.231. The molecule has 2 aromatic rings. The highest BCUT2D eigenvalue weighted by Crippen LogP contribution is 2.25. The largest absolute Gasteiger partial charge is 0.472 e. The molecular weight excluding hydrogens is 210 g/mol. The summed E-state index contributed by atoms with van der Waals surface area (Å²) >= 11 is 0. The molecule has 0 saturated heterocycles. The summed E-state index contributed by atoms with van der Waals surface area (Å²) in [5, 5.41) is 3.52. The van der Waals surface area contributed by atoms with Crippen LogP contribution < -0.4 is 5.32 Å². The second kappa shape index (κ2) is 5.69. The average molecular weight is 229 g/mol. The van der Waals surface area contributed by atoms with Crippen LogP contribution in [0.2, 0.25) is 0 Å². The Balaban J connectivity index is 2.39. The molecule has 2 nitrogen and oxygen atoms in total. The Kier molecular flexibility index (Phi) is 3.99. The Hall–Kier alpha value is -1.54. The van der Waals surface area contributed by atoms with E-state index in [-0.39, 0.29) is 6.04 Å². The van der Waals surface area contributed by atoms with Crippen LogP contribution in [0.15, 0.2) is 47.3 Å². The standard InChI is InChI=1S/C15H19NO/c1-3-12-7-5-6-8-14(12)15(16-4-2)13-9-10-17-11-13/h5-11,15-16H,3-4H2,1-2H3. The number of furan rings is 1. The number of rotatable bonds is 5. The summed E-state index contributed by atoms with van der Waals surface area (Å²) in [7, 11) is 0. The fraction of sp³-hybridized carbons (Fsp3) is 0.333. The van der Waals surface area contributed by atoms with E-state index in [0.29, 0.717) is 0 Å². The molecule has 17 heavy (non-hydrogen) atoms. The molecule has 0 aliphatic carbocycles. The van der Waals surface area contributed by atoms with Crippen LogP contribution in [0.1, 0.15) is 36.6 Å². The summed E-state index contributed by atoms with van der Waals surface area (Å²) in [5.41, 5.74) is 3.92. The van der Waals surface area contributed by atoms with Crippen LogP contribution in [0, 0.1) is 0 Å². The SMILES string of the molecule is CCNC(c1ccoc1)c1ccccc1CC. The van der Waals surface area contributed by atoms with Gasteiger partial charge in [-0.25, -0.2) is 0 Å². The molecule has 1 unspecified atom stereocenters. The smallest absolute Gasteiger partial charge is 0.0953 e. The maximum Gasteiger partial charge on any atom is 0.0953 e. The predicted octanol–water partition coefficient (Wildman–Crippen LogP) is 3.54. The lowest BCUT2D eigenvalue weighted by molar-refractivity contribution is 0.552. The molecule has 2 rings (SSSR count). The van der Waals surface area contributed by atoms with Crippen molar-refractivity contribution >= 4 is 0 Å². The van der Waals surface area contributed by atoms with Crippen molar-refractivity contribution in [2.45, 2.75) is 26.3 Å². The van der Waals surface area contributed by atoms with Crippen molar-refractivity contribution in [2.75, 3.05) is 6.54 Å². The Morgan fingerprint density at radius 3 is 2.65 bits per heavy atom. The monoisotopic (exact) mass is 229 g/mol. The minimum absolute atomic E-state index is 0.231. The topological polar surface area (TPSA) is 25.2 Å². The predicted molar refractivity (Wildman–Crippen MR) is 70.0 cm³/mol. The summed E-state index contributed by atoms with van der Waals surface area (Å²) in [6.07, 6.45) is 4.60. The van der Waals surface area contributed by atoms with Gasteiger partial charge in [0.1, 0.15) is 0 Å². The summed E-state index contributed by atoms with van der Waals surface area (Å²) in [4.78, 5) is 0. The zero-order chi connectivity index (χ0) is 12.1. The lowest BCUT2D eigenvalue weighted by atomic mass is 9.95. The van der Waals surface area contributed by atoms with Gasteiger partial charge in [-0.2, -0.15) is 0 Å². The number of benzene rings is 1. The molecule has 0 spiro atoms. The van der Waals surface area contributed by atoms with E-state index in [0.717, 1.165) is 13.0 Å². The molecule has 1 N–H and O–H groups in total. The summed E-state index contributed by atoms with van der Waals surface area (Å²) < 4.78 is 5.20. The van der Waals surface area contributed by atoms with E-state index >= 15 is 0 Å². The van der Waals surface area contributed by atoms with Gasteiger partial charge in [-0.3, -0.25) is 0 Å². The van der Waals surface area contributed by atoms with E-state index in [2.05, 4.69) is 43.4 Å². The van der Waals surface area contributed by atoms with E-state index in [9.17, 15) is 0 Å². The third-order valence-corrected chi connectivity index (χ3v) is 3.03. The van der Waals surface area contributed by atoms with Gasteiger partial charge in [0.05, 0.1) is 18.6 Å². The molecule has 0 saturated carbocycles. The number of nitrogens with one attached hydrogen (secondary N) is 1. The molecule has 0 fully saturated rings. The molecule has 90 valence electrons. The first-order valence-corrected chi connectivity index (χ1v) is 6.20. The second-order valence-corrected chi connectivity index (χ2v) is 4.10. The van der Waals surface area contributed by atoms with Crippen molar-refractivity contribution in [3.05, 3.63) is 59.5 Å². The fourth-order valence-corrected chi connectivity index (χ4v) is 2.19. The van der Waals surface area contributed by atoms with Gasteiger partial charge in [0.2, 0.25) is 0 Å². The molecule has 0 aliphatic heterocycles. The molecule has 0 radical (unpaired) electrons. The Bertz CT molecular complexity index is 448. The van der Waals surface area contributed by atoms with Gasteiger partial charge in [0, 0.05) is 5.56 Å². The summed E-state index contributed by atoms with van der Waals surface area (Å²) in [6.45, 7) is 5.26. The van der Waals surface area contributed by atoms with Gasteiger partial charge in [-0.05, 0) is 30.2 Å². The van der Waals surface area contributed by atoms with Crippen molar-refractivity contribution < 1.29 is 4.42 Å². The Labute approximate surface area is 103 Å². The Morgan fingerprint density at radius 2 is 2.00 bits per heavy atom. The van der Waals surface area contributed by atoms with Crippen molar-refractivity contribution in [3.8, 4) is 0 Å². The first-order chi connectivity index (χ1) is 8.36. The third kappa shape index (κ3) is 2.59. The lowest BCUT2D eigenvalue weighted by Crippen LogP contribution is -2.22. The molecule has 0 amide bonds. The van der Waals surface area contributed by atoms with Crippen molar-refractivity contribution in [2.24, 2.45) is 0 Å². The highest BCUT2D eigenvalue weighted by molar-refractivity contribution is 5.36. The van der Waals surface area contributed by atoms with E-state index in [1.807, 2.05) is 12.3 Å². The van der Waals surface area contributed by atoms with Crippen LogP contribution in [0.25, 0.3) is 0 Å². The van der Waals surface area contributed by atoms with E-state index < -0.39 is 0 Å². The van der Waals surface area contributed by atoms with Crippen LogP contribution in [0.5, 0.6) is 0 Å². The molecular formula is C15H19NO. The van der Waals surface area contributed by atoms with Crippen LogP contribution >= 0.6 is 0 Å². The molecule has 2 heteroatoms. The molecule has 0 bridgehead atoms. The van der Waals surface area contributed by atoms with Crippen LogP contribution in [-0.4, -0.2) is 6.54 Å². The zero-order valence-corrected chi connectivity index (χ0v) is 10.4. The van der Waals surface area contributed by atoms with Crippen molar-refractivity contribution in [3.63, 3.8) is 0 Å². The highest BCUT2D eigenvalue weighted by Gasteiger charge is 2.16. The van der Waals surface area contributed by atoms with E-state index in [1.54, 1.807) is 6.26 Å². The normalized spacial score (nSPS) is 12.6. The maximum atomic E-state index is 5.20. The molecule has 0 aliphatic rings. The van der Waals surface area contributed by atoms with Gasteiger partial charge < -0.3 is 9.73 Å². The lowest BCUT2D eigenvalue weighted by Gasteiger charge is -2.19. The quantitative estimate of drug-likeness (QED) is 0.848. The van der Waals surface area contributed by atoms with Gasteiger partial charge in [0.15, 0.2) is 0 Å². The van der Waals surface area contributed by atoms with Crippen LogP contribution in [0.3, 0.4) is 0 Å². The first-order valence-electron chi connectivity index (χ1n) is 6.20. The van der Waals surface area contributed by atoms with Crippen LogP contribution in [-0.2, 0) is 6.42 Å². The summed E-state index contributed by atoms with van der Waals surface area (Å²) in [6, 6.07) is 10.8. The highest BCUT2D eigenvalue weighted by atomic mass is 16.3. The van der Waals surface area contributed by atoms with Gasteiger partial charge in [-0.15, -0.1) is 0 Å². The fourth-order valence-electron chi connectivity index (χ4n) is 2.19. The maximum absolute atomic E-state index is 5.20. The van der Waals surface area contributed by atoms with Gasteiger partial charge in [0.25, 0.3) is 0 Å². The average Bonchev–Trinajstić information content (AvgIpc) is 2.89. The first kappa shape index (κ1) is 11.9. The number of hydrogen-bond donors (Lipinski definition) is 1. The summed E-state index contributed by atoms with van der Waals surface area (Å²) in [5.74, 6) is 0. The molecule has 1 heterocycles. The number of hydrogen-bond acceptors (Lipinski definition) is 2. The third-order valence-electron chi connectivity index (χ3n) is 3.03. The van der Waals surface area contributed by atoms with E-state index in [1.165, 1.54) is 16.7 Å². The van der Waals surface area contributed by atoms with Gasteiger partial charge >= 0.3 is 0 Å². The molecule has 1 atom stereocenters. The van der Waals surface area contributed by atoms with Crippen LogP contribution in [0.4, 0.5) is 0 Å². The second-order valence-electron chi connectivity index (χ2n) is 4.10. The van der Waals surface area contributed by atoms with Crippen molar-refractivity contribution in [1.29, 1.82) is 0 Å². The zero-order valence-electron chi connectivity index (χ0n) is 10.4. The van der Waals surface area contributed by atoms with Gasteiger partial charge in [-0.1, -0.05) is 38.1 Å². The van der Waals surface area contributed by atoms with Crippen molar-refractivity contribution in [1.82, 2.24) is 5.32 Å².